The molecule has 7 nitrogen and oxygen atoms in total. The standard InChI is InChI=1S/C17H18N6O/c1-17(2,3)13-9-23(20-19-13)14-15-21(4)16(24)11-7-5-6-8-12(11)22(15)10-18-14/h5-10H,1-4H3. The van der Waals surface area contributed by atoms with E-state index in [1.165, 1.54) is 0 Å². The lowest BCUT2D eigenvalue weighted by Crippen LogP contribution is -2.20. The second-order valence-electron chi connectivity index (χ2n) is 6.94. The summed E-state index contributed by atoms with van der Waals surface area (Å²) in [6, 6.07) is 7.51. The van der Waals surface area contributed by atoms with E-state index in [9.17, 15) is 4.79 Å². The molecule has 3 aromatic heterocycles. The number of benzene rings is 1. The van der Waals surface area contributed by atoms with Gasteiger partial charge in [0.15, 0.2) is 11.5 Å². The smallest absolute Gasteiger partial charge is 0.261 e. The highest BCUT2D eigenvalue weighted by molar-refractivity contribution is 5.82. The van der Waals surface area contributed by atoms with Crippen LogP contribution in [0.3, 0.4) is 0 Å². The average molecular weight is 322 g/mol. The minimum absolute atomic E-state index is 0.0592. The third kappa shape index (κ3) is 1.97. The molecule has 0 N–H and O–H groups in total. The van der Waals surface area contributed by atoms with Crippen molar-refractivity contribution in [3.63, 3.8) is 0 Å². The second-order valence-corrected chi connectivity index (χ2v) is 6.94. The maximum Gasteiger partial charge on any atom is 0.261 e. The predicted octanol–water partition coefficient (Wildman–Crippen LogP) is 2.06. The SMILES string of the molecule is Cn1c(=O)c2ccccc2n2cnc(-n3cc(C(C)(C)C)nn3)c12. The largest absolute Gasteiger partial charge is 0.294 e. The summed E-state index contributed by atoms with van der Waals surface area (Å²) >= 11 is 0. The Kier molecular flexibility index (Phi) is 2.90. The van der Waals surface area contributed by atoms with Crippen molar-refractivity contribution < 1.29 is 0 Å². The van der Waals surface area contributed by atoms with Crippen molar-refractivity contribution in [2.45, 2.75) is 26.2 Å². The van der Waals surface area contributed by atoms with Gasteiger partial charge in [-0.2, -0.15) is 4.68 Å². The van der Waals surface area contributed by atoms with Gasteiger partial charge in [0, 0.05) is 12.5 Å². The van der Waals surface area contributed by atoms with Gasteiger partial charge < -0.3 is 0 Å². The molecule has 4 aromatic rings. The van der Waals surface area contributed by atoms with Gasteiger partial charge in [0.25, 0.3) is 5.56 Å². The molecule has 3 heterocycles. The zero-order valence-electron chi connectivity index (χ0n) is 14.1. The fourth-order valence-electron chi connectivity index (χ4n) is 2.83. The van der Waals surface area contributed by atoms with E-state index in [1.807, 2.05) is 34.9 Å². The van der Waals surface area contributed by atoms with E-state index >= 15 is 0 Å². The first-order valence-corrected chi connectivity index (χ1v) is 7.76. The van der Waals surface area contributed by atoms with E-state index in [4.69, 9.17) is 0 Å². The lowest BCUT2D eigenvalue weighted by atomic mass is 9.93. The Morgan fingerprint density at radius 1 is 1.12 bits per heavy atom. The average Bonchev–Trinajstić information content (AvgIpc) is 3.18. The molecule has 0 aliphatic rings. The maximum absolute atomic E-state index is 12.7. The van der Waals surface area contributed by atoms with Crippen molar-refractivity contribution in [2.75, 3.05) is 0 Å². The molecule has 1 aromatic carbocycles. The van der Waals surface area contributed by atoms with Gasteiger partial charge in [-0.3, -0.25) is 13.8 Å². The fraction of sp³-hybridized carbons (Fsp3) is 0.294. The van der Waals surface area contributed by atoms with Crippen LogP contribution in [0.5, 0.6) is 0 Å². The molecule has 122 valence electrons. The molecular formula is C17H18N6O. The number of rotatable bonds is 1. The summed E-state index contributed by atoms with van der Waals surface area (Å²) in [5.74, 6) is 0.586. The Hall–Kier alpha value is -2.96. The lowest BCUT2D eigenvalue weighted by molar-refractivity contribution is 0.566. The van der Waals surface area contributed by atoms with Gasteiger partial charge in [-0.05, 0) is 12.1 Å². The van der Waals surface area contributed by atoms with Crippen LogP contribution >= 0.6 is 0 Å². The minimum Gasteiger partial charge on any atom is -0.294 e. The second kappa shape index (κ2) is 4.77. The molecular weight excluding hydrogens is 304 g/mol. The molecule has 7 heteroatoms. The van der Waals surface area contributed by atoms with E-state index in [0.717, 1.165) is 11.2 Å². The van der Waals surface area contributed by atoms with Crippen molar-refractivity contribution in [3.8, 4) is 5.82 Å². The van der Waals surface area contributed by atoms with Gasteiger partial charge in [-0.1, -0.05) is 38.1 Å². The van der Waals surface area contributed by atoms with Gasteiger partial charge in [0.1, 0.15) is 6.33 Å². The van der Waals surface area contributed by atoms with Gasteiger partial charge in [-0.25, -0.2) is 4.98 Å². The first-order chi connectivity index (χ1) is 11.4. The highest BCUT2D eigenvalue weighted by Gasteiger charge is 2.21. The van der Waals surface area contributed by atoms with Crippen LogP contribution in [-0.4, -0.2) is 28.9 Å². The molecule has 0 bridgehead atoms. The Labute approximate surface area is 138 Å². The molecule has 0 radical (unpaired) electrons. The number of nitrogens with zero attached hydrogens (tertiary/aromatic N) is 6. The monoisotopic (exact) mass is 322 g/mol. The first-order valence-electron chi connectivity index (χ1n) is 7.76. The molecule has 0 unspecified atom stereocenters. The third-order valence-corrected chi connectivity index (χ3v) is 4.22. The van der Waals surface area contributed by atoms with Crippen LogP contribution in [0.15, 0.2) is 41.6 Å². The van der Waals surface area contributed by atoms with Crippen molar-refractivity contribution in [1.29, 1.82) is 0 Å². The Morgan fingerprint density at radius 3 is 2.58 bits per heavy atom. The fourth-order valence-corrected chi connectivity index (χ4v) is 2.83. The van der Waals surface area contributed by atoms with Crippen LogP contribution in [0, 0.1) is 0 Å². The number of fused-ring (bicyclic) bond motifs is 3. The van der Waals surface area contributed by atoms with E-state index in [2.05, 4.69) is 36.1 Å². The summed E-state index contributed by atoms with van der Waals surface area (Å²) in [5, 5.41) is 9.10. The quantitative estimate of drug-likeness (QED) is 0.538. The minimum atomic E-state index is -0.105. The van der Waals surface area contributed by atoms with E-state index in [1.54, 1.807) is 22.6 Å². The molecule has 0 atom stereocenters. The van der Waals surface area contributed by atoms with Crippen LogP contribution in [0.2, 0.25) is 0 Å². The van der Waals surface area contributed by atoms with E-state index in [-0.39, 0.29) is 11.0 Å². The van der Waals surface area contributed by atoms with Crippen LogP contribution < -0.4 is 5.56 Å². The Bertz CT molecular complexity index is 1130. The highest BCUT2D eigenvalue weighted by Crippen LogP contribution is 2.22. The number of hydrogen-bond donors (Lipinski definition) is 0. The summed E-state index contributed by atoms with van der Waals surface area (Å²) in [6.07, 6.45) is 3.58. The molecule has 4 rings (SSSR count). The van der Waals surface area contributed by atoms with Gasteiger partial charge in [0.05, 0.1) is 22.8 Å². The topological polar surface area (TPSA) is 70.0 Å². The molecule has 0 aliphatic heterocycles. The summed E-state index contributed by atoms with van der Waals surface area (Å²) in [4.78, 5) is 17.1. The van der Waals surface area contributed by atoms with Crippen molar-refractivity contribution in [2.24, 2.45) is 7.05 Å². The van der Waals surface area contributed by atoms with Crippen molar-refractivity contribution in [3.05, 3.63) is 52.8 Å². The van der Waals surface area contributed by atoms with Crippen LogP contribution in [0.25, 0.3) is 22.4 Å². The normalized spacial score (nSPS) is 12.3. The summed E-state index contributed by atoms with van der Waals surface area (Å²) < 4.78 is 5.14. The molecule has 24 heavy (non-hydrogen) atoms. The third-order valence-electron chi connectivity index (χ3n) is 4.22. The summed E-state index contributed by atoms with van der Waals surface area (Å²) in [7, 11) is 1.75. The van der Waals surface area contributed by atoms with E-state index in [0.29, 0.717) is 16.9 Å². The molecule has 0 fully saturated rings. The maximum atomic E-state index is 12.7. The van der Waals surface area contributed by atoms with Crippen LogP contribution in [0.1, 0.15) is 26.5 Å². The number of hydrogen-bond acceptors (Lipinski definition) is 4. The summed E-state index contributed by atoms with van der Waals surface area (Å²) in [6.45, 7) is 6.24. The van der Waals surface area contributed by atoms with Crippen LogP contribution in [0.4, 0.5) is 0 Å². The van der Waals surface area contributed by atoms with Gasteiger partial charge in [-0.15, -0.1) is 5.10 Å². The zero-order chi connectivity index (χ0) is 17.1. The number of imidazole rings is 1. The lowest BCUT2D eigenvalue weighted by Gasteiger charge is -2.12. The highest BCUT2D eigenvalue weighted by atomic mass is 16.1. The molecule has 0 saturated heterocycles. The number of aryl methyl sites for hydroxylation is 1. The Balaban J connectivity index is 2.05. The molecule has 0 spiro atoms. The van der Waals surface area contributed by atoms with E-state index < -0.39 is 0 Å². The number of aromatic nitrogens is 6. The molecule has 0 amide bonds. The number of para-hydroxylation sites is 1. The zero-order valence-corrected chi connectivity index (χ0v) is 14.1. The molecule has 0 aliphatic carbocycles. The van der Waals surface area contributed by atoms with Crippen molar-refractivity contribution in [1.82, 2.24) is 28.9 Å². The molecule has 0 saturated carbocycles. The van der Waals surface area contributed by atoms with Crippen molar-refractivity contribution >= 4 is 16.6 Å². The first kappa shape index (κ1) is 14.6. The van der Waals surface area contributed by atoms with Crippen LogP contribution in [-0.2, 0) is 12.5 Å². The van der Waals surface area contributed by atoms with Gasteiger partial charge in [0.2, 0.25) is 0 Å². The van der Waals surface area contributed by atoms with Gasteiger partial charge >= 0.3 is 0 Å². The Morgan fingerprint density at radius 2 is 1.88 bits per heavy atom. The summed E-state index contributed by atoms with van der Waals surface area (Å²) in [5.41, 5.74) is 2.21. The predicted molar refractivity (Wildman–Crippen MR) is 91.6 cm³/mol.